The summed E-state index contributed by atoms with van der Waals surface area (Å²) in [4.78, 5) is 24.8. The summed E-state index contributed by atoms with van der Waals surface area (Å²) in [7, 11) is 0. The summed E-state index contributed by atoms with van der Waals surface area (Å²) in [6.45, 7) is 2.28. The average Bonchev–Trinajstić information content (AvgIpc) is 3.02. The third kappa shape index (κ3) is 3.27. The molecule has 3 rings (SSSR count). The zero-order chi connectivity index (χ0) is 15.5. The van der Waals surface area contributed by atoms with Crippen molar-refractivity contribution in [1.29, 1.82) is 0 Å². The number of aromatic nitrogens is 2. The van der Waals surface area contributed by atoms with Gasteiger partial charge in [-0.3, -0.25) is 9.59 Å². The fraction of sp³-hybridized carbons (Fsp3) is 0.438. The van der Waals surface area contributed by atoms with E-state index in [0.29, 0.717) is 11.4 Å². The van der Waals surface area contributed by atoms with Crippen LogP contribution in [0.25, 0.3) is 0 Å². The first-order valence-corrected chi connectivity index (χ1v) is 8.46. The fourth-order valence-corrected chi connectivity index (χ4v) is 3.37. The van der Waals surface area contributed by atoms with Crippen molar-refractivity contribution in [2.45, 2.75) is 45.2 Å². The highest BCUT2D eigenvalue weighted by Crippen LogP contribution is 2.17. The van der Waals surface area contributed by atoms with E-state index in [9.17, 15) is 9.59 Å². The van der Waals surface area contributed by atoms with E-state index in [4.69, 9.17) is 0 Å². The van der Waals surface area contributed by atoms with Crippen LogP contribution < -0.4 is 10.9 Å². The first-order chi connectivity index (χ1) is 10.6. The fourth-order valence-electron chi connectivity index (χ4n) is 2.74. The Morgan fingerprint density at radius 2 is 2.27 bits per heavy atom. The lowest BCUT2D eigenvalue weighted by Crippen LogP contribution is -2.39. The van der Waals surface area contributed by atoms with Crippen LogP contribution >= 0.6 is 11.3 Å². The quantitative estimate of drug-likeness (QED) is 0.938. The van der Waals surface area contributed by atoms with Gasteiger partial charge in [0, 0.05) is 12.1 Å². The molecule has 0 saturated heterocycles. The Bertz CT molecular complexity index is 721. The molecule has 6 heteroatoms. The Kier molecular flexibility index (Phi) is 4.38. The van der Waals surface area contributed by atoms with Gasteiger partial charge in [0.05, 0.1) is 17.1 Å². The number of fused-ring (bicyclic) bond motifs is 1. The average molecular weight is 317 g/mol. The lowest BCUT2D eigenvalue weighted by atomic mass is 9.97. The molecule has 1 aliphatic rings. The molecule has 2 aromatic heterocycles. The Morgan fingerprint density at radius 3 is 3.05 bits per heavy atom. The van der Waals surface area contributed by atoms with Gasteiger partial charge in [-0.1, -0.05) is 6.07 Å². The number of hydrogen-bond donors (Lipinski definition) is 1. The zero-order valence-electron chi connectivity index (χ0n) is 12.5. The number of rotatable bonds is 4. The molecule has 0 aromatic carbocycles. The second-order valence-corrected chi connectivity index (χ2v) is 6.64. The largest absolute Gasteiger partial charge is 0.347 e. The summed E-state index contributed by atoms with van der Waals surface area (Å²) in [5.41, 5.74) is 2.03. The van der Waals surface area contributed by atoms with E-state index in [-0.39, 0.29) is 17.5 Å². The van der Waals surface area contributed by atoms with Crippen molar-refractivity contribution in [2.75, 3.05) is 0 Å². The highest BCUT2D eigenvalue weighted by atomic mass is 32.1. The zero-order valence-corrected chi connectivity index (χ0v) is 13.4. The Morgan fingerprint density at radius 1 is 1.45 bits per heavy atom. The lowest BCUT2D eigenvalue weighted by molar-refractivity contribution is 0.0939. The summed E-state index contributed by atoms with van der Waals surface area (Å²) in [5, 5.41) is 9.26. The van der Waals surface area contributed by atoms with Crippen LogP contribution in [0.3, 0.4) is 0 Å². The molecule has 1 N–H and O–H groups in total. The molecule has 2 heterocycles. The summed E-state index contributed by atoms with van der Waals surface area (Å²) >= 11 is 1.40. The van der Waals surface area contributed by atoms with Crippen LogP contribution in [0.5, 0.6) is 0 Å². The van der Waals surface area contributed by atoms with Crippen LogP contribution in [0.15, 0.2) is 28.4 Å². The summed E-state index contributed by atoms with van der Waals surface area (Å²) in [6, 6.07) is 5.19. The van der Waals surface area contributed by atoms with Gasteiger partial charge >= 0.3 is 0 Å². The van der Waals surface area contributed by atoms with Gasteiger partial charge in [-0.05, 0) is 49.6 Å². The molecule has 0 spiro atoms. The van der Waals surface area contributed by atoms with E-state index < -0.39 is 0 Å². The molecule has 5 nitrogen and oxygen atoms in total. The third-order valence-corrected chi connectivity index (χ3v) is 4.71. The molecular weight excluding hydrogens is 298 g/mol. The van der Waals surface area contributed by atoms with Crippen molar-refractivity contribution in [3.05, 3.63) is 50.1 Å². The number of nitrogens with zero attached hydrogens (tertiary/aromatic N) is 2. The summed E-state index contributed by atoms with van der Waals surface area (Å²) < 4.78 is 1.48. The highest BCUT2D eigenvalue weighted by molar-refractivity contribution is 7.12. The van der Waals surface area contributed by atoms with E-state index >= 15 is 0 Å². The topological polar surface area (TPSA) is 64.0 Å². The van der Waals surface area contributed by atoms with E-state index in [1.807, 2.05) is 18.4 Å². The molecule has 1 atom stereocenters. The minimum Gasteiger partial charge on any atom is -0.347 e. The predicted octanol–water partition coefficient (Wildman–Crippen LogP) is 2.00. The highest BCUT2D eigenvalue weighted by Gasteiger charge is 2.16. The van der Waals surface area contributed by atoms with E-state index in [1.54, 1.807) is 12.1 Å². The standard InChI is InChI=1S/C16H19N3O2S/c1-11(17-16(21)14-7-4-8-22-14)10-19-15(20)9-12-5-2-3-6-13(12)18-19/h4,7-9,11H,2-3,5-6,10H2,1H3,(H,17,21)/t11-/m0/s1. The van der Waals surface area contributed by atoms with E-state index in [1.165, 1.54) is 16.0 Å². The predicted molar refractivity (Wildman–Crippen MR) is 86.4 cm³/mol. The van der Waals surface area contributed by atoms with Crippen molar-refractivity contribution in [2.24, 2.45) is 0 Å². The first kappa shape index (κ1) is 15.0. The van der Waals surface area contributed by atoms with Crippen molar-refractivity contribution >= 4 is 17.2 Å². The number of hydrogen-bond acceptors (Lipinski definition) is 4. The number of aryl methyl sites for hydroxylation is 2. The van der Waals surface area contributed by atoms with Gasteiger partial charge in [0.2, 0.25) is 0 Å². The lowest BCUT2D eigenvalue weighted by Gasteiger charge is -2.18. The Balaban J connectivity index is 1.70. The molecule has 0 bridgehead atoms. The summed E-state index contributed by atoms with van der Waals surface area (Å²) in [5.74, 6) is -0.103. The third-order valence-electron chi connectivity index (χ3n) is 3.84. The van der Waals surface area contributed by atoms with Gasteiger partial charge in [0.25, 0.3) is 11.5 Å². The number of amides is 1. The molecule has 2 aromatic rings. The van der Waals surface area contributed by atoms with Crippen molar-refractivity contribution < 1.29 is 4.79 Å². The van der Waals surface area contributed by atoms with Gasteiger partial charge in [-0.25, -0.2) is 4.68 Å². The monoisotopic (exact) mass is 317 g/mol. The Labute approximate surface area is 133 Å². The maximum Gasteiger partial charge on any atom is 0.267 e. The molecule has 0 saturated carbocycles. The summed E-state index contributed by atoms with van der Waals surface area (Å²) in [6.07, 6.45) is 4.14. The van der Waals surface area contributed by atoms with Crippen LogP contribution in [-0.2, 0) is 19.4 Å². The normalized spacial score (nSPS) is 15.1. The molecule has 116 valence electrons. The van der Waals surface area contributed by atoms with Crippen molar-refractivity contribution in [1.82, 2.24) is 15.1 Å². The molecule has 1 amide bonds. The van der Waals surface area contributed by atoms with Crippen LogP contribution in [-0.4, -0.2) is 21.7 Å². The van der Waals surface area contributed by atoms with Gasteiger partial charge in [-0.2, -0.15) is 5.10 Å². The van der Waals surface area contributed by atoms with Crippen LogP contribution in [0.2, 0.25) is 0 Å². The van der Waals surface area contributed by atoms with Crippen LogP contribution in [0, 0.1) is 0 Å². The maximum atomic E-state index is 12.1. The maximum absolute atomic E-state index is 12.1. The van der Waals surface area contributed by atoms with Crippen molar-refractivity contribution in [3.63, 3.8) is 0 Å². The van der Waals surface area contributed by atoms with Gasteiger partial charge < -0.3 is 5.32 Å². The number of carbonyl (C=O) groups is 1. The smallest absolute Gasteiger partial charge is 0.267 e. The molecule has 0 aliphatic heterocycles. The van der Waals surface area contributed by atoms with Gasteiger partial charge in [0.15, 0.2) is 0 Å². The van der Waals surface area contributed by atoms with Crippen LogP contribution in [0.4, 0.5) is 0 Å². The molecule has 0 fully saturated rings. The second kappa shape index (κ2) is 6.44. The van der Waals surface area contributed by atoms with Crippen LogP contribution in [0.1, 0.15) is 40.7 Å². The van der Waals surface area contributed by atoms with E-state index in [0.717, 1.165) is 36.9 Å². The van der Waals surface area contributed by atoms with Gasteiger partial charge in [-0.15, -0.1) is 11.3 Å². The number of nitrogens with one attached hydrogen (secondary N) is 1. The first-order valence-electron chi connectivity index (χ1n) is 7.58. The SMILES string of the molecule is C[C@@H](Cn1nc2c(cc1=O)CCCC2)NC(=O)c1cccs1. The number of thiophene rings is 1. The molecular formula is C16H19N3O2S. The number of carbonyl (C=O) groups excluding carboxylic acids is 1. The minimum absolute atomic E-state index is 0.0853. The molecule has 22 heavy (non-hydrogen) atoms. The van der Waals surface area contributed by atoms with Crippen molar-refractivity contribution in [3.8, 4) is 0 Å². The Hall–Kier alpha value is -1.95. The van der Waals surface area contributed by atoms with E-state index in [2.05, 4.69) is 10.4 Å². The van der Waals surface area contributed by atoms with Gasteiger partial charge in [0.1, 0.15) is 0 Å². The second-order valence-electron chi connectivity index (χ2n) is 5.70. The minimum atomic E-state index is -0.151. The molecule has 0 radical (unpaired) electrons. The molecule has 1 aliphatic carbocycles. The molecule has 0 unspecified atom stereocenters.